The summed E-state index contributed by atoms with van der Waals surface area (Å²) in [7, 11) is 0. The summed E-state index contributed by atoms with van der Waals surface area (Å²) < 4.78 is 102. The maximum absolute atomic E-state index is 14.8. The van der Waals surface area contributed by atoms with Crippen molar-refractivity contribution in [2.24, 2.45) is 5.92 Å². The number of ether oxygens (including phenoxy) is 3. The van der Waals surface area contributed by atoms with E-state index in [2.05, 4.69) is 6.58 Å². The van der Waals surface area contributed by atoms with Gasteiger partial charge in [-0.1, -0.05) is 31.8 Å². The van der Waals surface area contributed by atoms with E-state index in [1.807, 2.05) is 6.08 Å². The van der Waals surface area contributed by atoms with E-state index < -0.39 is 40.7 Å². The van der Waals surface area contributed by atoms with Crippen LogP contribution in [0.5, 0.6) is 23.0 Å². The van der Waals surface area contributed by atoms with E-state index in [1.54, 1.807) is 6.92 Å². The lowest BCUT2D eigenvalue weighted by molar-refractivity contribution is 0.298. The number of hydrogen-bond donors (Lipinski definition) is 1. The molecule has 0 aromatic heterocycles. The van der Waals surface area contributed by atoms with E-state index in [0.29, 0.717) is 24.9 Å². The van der Waals surface area contributed by atoms with Gasteiger partial charge in [0, 0.05) is 34.4 Å². The summed E-state index contributed by atoms with van der Waals surface area (Å²) >= 11 is 0. The summed E-state index contributed by atoms with van der Waals surface area (Å²) in [6.45, 7) is 6.56. The zero-order chi connectivity index (χ0) is 35.3. The molecule has 0 aliphatic carbocycles. The third-order valence-corrected chi connectivity index (χ3v) is 8.18. The van der Waals surface area contributed by atoms with Gasteiger partial charge >= 0.3 is 0 Å². The Morgan fingerprint density at radius 2 is 1.08 bits per heavy atom. The maximum Gasteiger partial charge on any atom is 0.201 e. The smallest absolute Gasteiger partial charge is 0.201 e. The van der Waals surface area contributed by atoms with Gasteiger partial charge < -0.3 is 19.3 Å². The maximum atomic E-state index is 14.8. The molecule has 0 spiro atoms. The first-order chi connectivity index (χ1) is 23.6. The SMILES string of the molecule is C=CC(CCCCCOc1ccc(-c2ccc(O)c(F)c2F)c(F)c1)CCCCCOc1ccc(-c2ccc(OCC)c(F)c2F)c(F)c1. The monoisotopic (exact) mass is 686 g/mol. The van der Waals surface area contributed by atoms with Gasteiger partial charge in [-0.15, -0.1) is 6.58 Å². The second kappa shape index (κ2) is 18.2. The molecule has 0 heterocycles. The van der Waals surface area contributed by atoms with E-state index in [9.17, 15) is 31.4 Å². The first kappa shape index (κ1) is 37.2. The highest BCUT2D eigenvalue weighted by molar-refractivity contribution is 5.67. The largest absolute Gasteiger partial charge is 0.505 e. The van der Waals surface area contributed by atoms with E-state index in [1.165, 1.54) is 42.5 Å². The van der Waals surface area contributed by atoms with Crippen LogP contribution in [-0.4, -0.2) is 24.9 Å². The van der Waals surface area contributed by atoms with Crippen LogP contribution in [0.2, 0.25) is 0 Å². The third-order valence-electron chi connectivity index (χ3n) is 8.18. The molecule has 1 N–H and O–H groups in total. The van der Waals surface area contributed by atoms with Crippen LogP contribution < -0.4 is 14.2 Å². The molecule has 0 bridgehead atoms. The van der Waals surface area contributed by atoms with E-state index in [0.717, 1.165) is 69.6 Å². The number of unbranched alkanes of at least 4 members (excludes halogenated alkanes) is 4. The van der Waals surface area contributed by atoms with Gasteiger partial charge in [-0.05, 0) is 87.1 Å². The van der Waals surface area contributed by atoms with Gasteiger partial charge in [0.15, 0.2) is 23.1 Å². The van der Waals surface area contributed by atoms with Crippen molar-refractivity contribution in [3.05, 3.63) is 108 Å². The van der Waals surface area contributed by atoms with E-state index >= 15 is 0 Å². The molecule has 4 aromatic carbocycles. The van der Waals surface area contributed by atoms with Crippen LogP contribution in [0.1, 0.15) is 58.3 Å². The van der Waals surface area contributed by atoms with Crippen LogP contribution in [0.25, 0.3) is 22.3 Å². The summed E-state index contributed by atoms with van der Waals surface area (Å²) in [6.07, 6.45) is 9.21. The normalized spacial score (nSPS) is 11.7. The van der Waals surface area contributed by atoms with Crippen molar-refractivity contribution in [3.63, 3.8) is 0 Å². The first-order valence-electron chi connectivity index (χ1n) is 16.4. The number of allylic oxidation sites excluding steroid dienone is 1. The Morgan fingerprint density at radius 3 is 1.57 bits per heavy atom. The van der Waals surface area contributed by atoms with Crippen LogP contribution >= 0.6 is 0 Å². The molecule has 0 saturated heterocycles. The fourth-order valence-corrected chi connectivity index (χ4v) is 5.49. The molecule has 0 fully saturated rings. The molecule has 10 heteroatoms. The standard InChI is InChI=1S/C39H40F6O4/c1-3-25(11-7-5-9-21-48-26-13-15-28(32(40)23-26)30-17-19-34(46)38(44)36(30)42)12-8-6-10-22-49-27-14-16-29(33(41)24-27)31-18-20-35(47-4-2)39(45)37(31)43/h3,13-20,23-25,46H,1,4-12,21-22H2,2H3. The second-order valence-corrected chi connectivity index (χ2v) is 11.6. The Hall–Kier alpha value is -4.60. The summed E-state index contributed by atoms with van der Waals surface area (Å²) in [5.74, 6) is -6.66. The number of rotatable bonds is 19. The number of benzene rings is 4. The van der Waals surface area contributed by atoms with Crippen molar-refractivity contribution >= 4 is 0 Å². The minimum Gasteiger partial charge on any atom is -0.505 e. The predicted octanol–water partition coefficient (Wildman–Crippen LogP) is 11.3. The van der Waals surface area contributed by atoms with Gasteiger partial charge in [0.2, 0.25) is 11.6 Å². The van der Waals surface area contributed by atoms with Crippen LogP contribution in [0, 0.1) is 40.8 Å². The van der Waals surface area contributed by atoms with E-state index in [4.69, 9.17) is 14.2 Å². The molecule has 1 unspecified atom stereocenters. The minimum atomic E-state index is -1.43. The highest BCUT2D eigenvalue weighted by Gasteiger charge is 2.19. The Labute approximate surface area is 283 Å². The Balaban J connectivity index is 1.10. The quantitative estimate of drug-likeness (QED) is 0.0606. The van der Waals surface area contributed by atoms with Crippen molar-refractivity contribution in [1.29, 1.82) is 0 Å². The predicted molar refractivity (Wildman–Crippen MR) is 178 cm³/mol. The topological polar surface area (TPSA) is 47.9 Å². The average Bonchev–Trinajstić information content (AvgIpc) is 3.09. The molecule has 0 aliphatic heterocycles. The molecule has 0 radical (unpaired) electrons. The minimum absolute atomic E-state index is 0.0684. The third kappa shape index (κ3) is 9.96. The molecule has 4 rings (SSSR count). The molecule has 262 valence electrons. The Kier molecular flexibility index (Phi) is 13.9. The molecule has 49 heavy (non-hydrogen) atoms. The molecule has 0 amide bonds. The summed E-state index contributed by atoms with van der Waals surface area (Å²) in [5.41, 5.74) is -0.682. The second-order valence-electron chi connectivity index (χ2n) is 11.6. The lowest BCUT2D eigenvalue weighted by Gasteiger charge is -2.13. The first-order valence-corrected chi connectivity index (χ1v) is 16.4. The molecular weight excluding hydrogens is 646 g/mol. The zero-order valence-corrected chi connectivity index (χ0v) is 27.4. The molecule has 0 saturated carbocycles. The van der Waals surface area contributed by atoms with Crippen molar-refractivity contribution in [2.75, 3.05) is 19.8 Å². The fourth-order valence-electron chi connectivity index (χ4n) is 5.49. The van der Waals surface area contributed by atoms with Gasteiger partial charge in [-0.2, -0.15) is 8.78 Å². The van der Waals surface area contributed by atoms with Crippen molar-refractivity contribution in [3.8, 4) is 45.3 Å². The molecule has 4 nitrogen and oxygen atoms in total. The molecule has 1 atom stereocenters. The summed E-state index contributed by atoms with van der Waals surface area (Å²) in [4.78, 5) is 0. The van der Waals surface area contributed by atoms with Crippen molar-refractivity contribution in [1.82, 2.24) is 0 Å². The lowest BCUT2D eigenvalue weighted by Crippen LogP contribution is -2.02. The van der Waals surface area contributed by atoms with Gasteiger partial charge in [0.1, 0.15) is 23.1 Å². The van der Waals surface area contributed by atoms with Gasteiger partial charge in [-0.3, -0.25) is 0 Å². The summed E-state index contributed by atoms with van der Waals surface area (Å²) in [5, 5.41) is 9.29. The van der Waals surface area contributed by atoms with Gasteiger partial charge in [0.05, 0.1) is 19.8 Å². The molecule has 4 aromatic rings. The van der Waals surface area contributed by atoms with Gasteiger partial charge in [0.25, 0.3) is 0 Å². The van der Waals surface area contributed by atoms with Crippen molar-refractivity contribution in [2.45, 2.75) is 58.3 Å². The van der Waals surface area contributed by atoms with Crippen LogP contribution in [0.4, 0.5) is 26.3 Å². The zero-order valence-electron chi connectivity index (χ0n) is 27.4. The fraction of sp³-hybridized carbons (Fsp3) is 0.333. The Bertz CT molecular complexity index is 1710. The highest BCUT2D eigenvalue weighted by Crippen LogP contribution is 2.34. The molecular formula is C39H40F6O4. The number of hydrogen-bond acceptors (Lipinski definition) is 4. The molecule has 0 aliphatic rings. The van der Waals surface area contributed by atoms with E-state index in [-0.39, 0.29) is 40.4 Å². The number of phenolic OH excluding ortho intramolecular Hbond substituents is 1. The number of aromatic hydroxyl groups is 1. The van der Waals surface area contributed by atoms with Crippen LogP contribution in [0.3, 0.4) is 0 Å². The summed E-state index contributed by atoms with van der Waals surface area (Å²) in [6, 6.07) is 12.7. The number of halogens is 6. The lowest BCUT2D eigenvalue weighted by atomic mass is 9.95. The highest BCUT2D eigenvalue weighted by atomic mass is 19.2. The Morgan fingerprint density at radius 1 is 0.592 bits per heavy atom. The van der Waals surface area contributed by atoms with Crippen molar-refractivity contribution < 1.29 is 45.7 Å². The number of phenols is 1. The average molecular weight is 687 g/mol. The van der Waals surface area contributed by atoms with Crippen LogP contribution in [0.15, 0.2) is 73.3 Å². The van der Waals surface area contributed by atoms with Crippen LogP contribution in [-0.2, 0) is 0 Å². The van der Waals surface area contributed by atoms with Gasteiger partial charge in [-0.25, -0.2) is 17.6 Å².